The van der Waals surface area contributed by atoms with E-state index in [0.29, 0.717) is 51.0 Å². The van der Waals surface area contributed by atoms with Crippen molar-refractivity contribution in [1.29, 1.82) is 5.26 Å². The maximum absolute atomic E-state index is 13.8. The Kier molecular flexibility index (Phi) is 5.43. The van der Waals surface area contributed by atoms with Crippen molar-refractivity contribution in [3.63, 3.8) is 0 Å². The summed E-state index contributed by atoms with van der Waals surface area (Å²) in [6, 6.07) is 10.7. The van der Waals surface area contributed by atoms with Crippen molar-refractivity contribution in [2.45, 2.75) is 56.6 Å². The quantitative estimate of drug-likeness (QED) is 0.280. The molecule has 0 saturated heterocycles. The van der Waals surface area contributed by atoms with Crippen LogP contribution in [0.5, 0.6) is 0 Å². The standard InChI is InChI=1S/C29H27ClFN7/c30-24-12-20(34-28(16-4-6-19(31)7-5-16)26-15-38(37-36-26)21-8-9-21)11-23-27(18(13-32)14-33-29(23)24)35-25-3-1-2-17-10-22(17)25/h4-7,11-12,14-15,17,21-22,25,28,34H,1-3,8-10H2,(H,33,35)/i28D. The lowest BCUT2D eigenvalue weighted by Crippen LogP contribution is -2.26. The molecule has 3 fully saturated rings. The first-order valence-corrected chi connectivity index (χ1v) is 13.6. The highest BCUT2D eigenvalue weighted by atomic mass is 35.5. The van der Waals surface area contributed by atoms with Gasteiger partial charge in [0.05, 0.1) is 41.4 Å². The van der Waals surface area contributed by atoms with Gasteiger partial charge in [-0.1, -0.05) is 41.8 Å². The minimum Gasteiger partial charge on any atom is -0.380 e. The van der Waals surface area contributed by atoms with Gasteiger partial charge < -0.3 is 10.6 Å². The summed E-state index contributed by atoms with van der Waals surface area (Å²) in [5.74, 6) is 1.03. The Balaban J connectivity index is 1.31. The normalized spacial score (nSPS) is 24.1. The maximum atomic E-state index is 13.8. The zero-order valence-corrected chi connectivity index (χ0v) is 21.4. The van der Waals surface area contributed by atoms with Gasteiger partial charge in [0.15, 0.2) is 0 Å². The molecule has 0 bridgehead atoms. The number of fused-ring (bicyclic) bond motifs is 2. The Morgan fingerprint density at radius 2 is 2.03 bits per heavy atom. The van der Waals surface area contributed by atoms with Crippen LogP contribution >= 0.6 is 11.6 Å². The molecule has 7 rings (SSSR count). The second kappa shape index (κ2) is 9.25. The molecule has 38 heavy (non-hydrogen) atoms. The molecular weight excluding hydrogens is 501 g/mol. The minimum absolute atomic E-state index is 0.300. The van der Waals surface area contributed by atoms with Crippen LogP contribution in [-0.2, 0) is 0 Å². The summed E-state index contributed by atoms with van der Waals surface area (Å²) >= 11 is 6.75. The zero-order chi connectivity index (χ0) is 26.7. The van der Waals surface area contributed by atoms with Gasteiger partial charge in [-0.3, -0.25) is 4.98 Å². The van der Waals surface area contributed by atoms with E-state index in [1.165, 1.54) is 31.4 Å². The average molecular weight is 529 g/mol. The van der Waals surface area contributed by atoms with Gasteiger partial charge in [-0.2, -0.15) is 5.26 Å². The number of nitriles is 1. The van der Waals surface area contributed by atoms with E-state index in [1.807, 2.05) is 6.07 Å². The van der Waals surface area contributed by atoms with E-state index >= 15 is 0 Å². The molecule has 9 heteroatoms. The van der Waals surface area contributed by atoms with E-state index in [2.05, 4.69) is 32.0 Å². The van der Waals surface area contributed by atoms with Gasteiger partial charge >= 0.3 is 0 Å². The molecular formula is C29H27ClFN7. The van der Waals surface area contributed by atoms with E-state index in [4.69, 9.17) is 11.6 Å². The third-order valence-electron chi connectivity index (χ3n) is 8.05. The molecule has 4 atom stereocenters. The average Bonchev–Trinajstić information content (AvgIpc) is 3.87. The molecule has 2 N–H and O–H groups in total. The third kappa shape index (κ3) is 4.35. The number of hydrogen-bond donors (Lipinski definition) is 2. The van der Waals surface area contributed by atoms with E-state index in [0.717, 1.165) is 36.3 Å². The summed E-state index contributed by atoms with van der Waals surface area (Å²) in [6.07, 6.45) is 10.2. The van der Waals surface area contributed by atoms with E-state index in [-0.39, 0.29) is 5.82 Å². The first-order valence-electron chi connectivity index (χ1n) is 13.7. The summed E-state index contributed by atoms with van der Waals surface area (Å²) in [5, 5.41) is 26.6. The molecule has 0 aliphatic heterocycles. The summed E-state index contributed by atoms with van der Waals surface area (Å²) < 4.78 is 25.2. The van der Waals surface area contributed by atoms with Crippen LogP contribution in [0.15, 0.2) is 48.8 Å². The predicted octanol–water partition coefficient (Wildman–Crippen LogP) is 6.63. The molecule has 2 heterocycles. The first-order chi connectivity index (χ1) is 18.9. The number of pyridine rings is 1. The van der Waals surface area contributed by atoms with Crippen LogP contribution in [0, 0.1) is 29.0 Å². The predicted molar refractivity (Wildman–Crippen MR) is 144 cm³/mol. The van der Waals surface area contributed by atoms with Gasteiger partial charge in [0, 0.05) is 23.3 Å². The summed E-state index contributed by atoms with van der Waals surface area (Å²) in [6.45, 7) is 0. The largest absolute Gasteiger partial charge is 0.380 e. The highest BCUT2D eigenvalue weighted by molar-refractivity contribution is 6.35. The van der Waals surface area contributed by atoms with Gasteiger partial charge in [0.2, 0.25) is 0 Å². The lowest BCUT2D eigenvalue weighted by Gasteiger charge is -2.25. The third-order valence-corrected chi connectivity index (χ3v) is 8.34. The summed E-state index contributed by atoms with van der Waals surface area (Å²) in [4.78, 5) is 4.49. The van der Waals surface area contributed by atoms with Crippen molar-refractivity contribution in [1.82, 2.24) is 20.0 Å². The lowest BCUT2D eigenvalue weighted by atomic mass is 9.94. The van der Waals surface area contributed by atoms with E-state index < -0.39 is 6.02 Å². The molecule has 3 aliphatic carbocycles. The lowest BCUT2D eigenvalue weighted by molar-refractivity contribution is 0.440. The van der Waals surface area contributed by atoms with Crippen LogP contribution in [-0.4, -0.2) is 26.0 Å². The molecule has 3 aliphatic rings. The van der Waals surface area contributed by atoms with Crippen molar-refractivity contribution in [2.75, 3.05) is 10.6 Å². The number of nitrogens with one attached hydrogen (secondary N) is 2. The van der Waals surface area contributed by atoms with Gasteiger partial charge in [-0.15, -0.1) is 5.10 Å². The SMILES string of the molecule is [2H]C(Nc1cc(Cl)c2ncc(C#N)c(NC3CCCC4CC43)c2c1)(c1ccc(F)cc1)c1cn(C2CC2)nn1. The van der Waals surface area contributed by atoms with Gasteiger partial charge in [-0.25, -0.2) is 9.07 Å². The van der Waals surface area contributed by atoms with E-state index in [1.54, 1.807) is 35.3 Å². The number of hydrogen-bond acceptors (Lipinski definition) is 6. The molecule has 0 spiro atoms. The van der Waals surface area contributed by atoms with Crippen LogP contribution in [0.2, 0.25) is 5.02 Å². The van der Waals surface area contributed by atoms with Crippen molar-refractivity contribution in [2.24, 2.45) is 11.8 Å². The van der Waals surface area contributed by atoms with Crippen LogP contribution in [0.3, 0.4) is 0 Å². The Morgan fingerprint density at radius 3 is 2.82 bits per heavy atom. The molecule has 0 amide bonds. The van der Waals surface area contributed by atoms with Crippen LogP contribution in [0.25, 0.3) is 10.9 Å². The number of rotatable bonds is 7. The van der Waals surface area contributed by atoms with Crippen molar-refractivity contribution in [3.8, 4) is 6.07 Å². The molecule has 7 nitrogen and oxygen atoms in total. The van der Waals surface area contributed by atoms with Gasteiger partial charge in [0.25, 0.3) is 0 Å². The van der Waals surface area contributed by atoms with Crippen molar-refractivity contribution < 1.29 is 5.76 Å². The van der Waals surface area contributed by atoms with Gasteiger partial charge in [0.1, 0.15) is 17.6 Å². The summed E-state index contributed by atoms with van der Waals surface area (Å²) in [5.41, 5.74) is 3.22. The van der Waals surface area contributed by atoms with Gasteiger partial charge in [-0.05, 0) is 67.3 Å². The van der Waals surface area contributed by atoms with Crippen molar-refractivity contribution in [3.05, 3.63) is 76.5 Å². The molecule has 0 radical (unpaired) electrons. The Hall–Kier alpha value is -3.70. The number of nitrogens with zero attached hydrogens (tertiary/aromatic N) is 5. The fourth-order valence-electron chi connectivity index (χ4n) is 5.80. The van der Waals surface area contributed by atoms with Crippen LogP contribution in [0.1, 0.15) is 68.8 Å². The first kappa shape index (κ1) is 22.3. The molecule has 2 aromatic carbocycles. The molecule has 3 saturated carbocycles. The minimum atomic E-state index is -1.57. The highest BCUT2D eigenvalue weighted by Crippen LogP contribution is 2.51. The number of aromatic nitrogens is 4. The van der Waals surface area contributed by atoms with Crippen LogP contribution < -0.4 is 10.6 Å². The molecule has 2 aromatic heterocycles. The Bertz CT molecular complexity index is 1610. The second-order valence-corrected chi connectivity index (χ2v) is 11.1. The fraction of sp³-hybridized carbons (Fsp3) is 0.379. The van der Waals surface area contributed by atoms with Crippen LogP contribution in [0.4, 0.5) is 15.8 Å². The van der Waals surface area contributed by atoms with E-state index in [9.17, 15) is 11.0 Å². The smallest absolute Gasteiger partial charge is 0.123 e. The molecule has 4 aromatic rings. The molecule has 192 valence electrons. The monoisotopic (exact) mass is 528 g/mol. The number of halogens is 2. The Labute approximate surface area is 226 Å². The molecule has 4 unspecified atom stereocenters. The zero-order valence-electron chi connectivity index (χ0n) is 21.7. The number of anilines is 2. The topological polar surface area (TPSA) is 91.5 Å². The second-order valence-electron chi connectivity index (χ2n) is 10.7. The Morgan fingerprint density at radius 1 is 1.18 bits per heavy atom. The number of benzene rings is 2. The maximum Gasteiger partial charge on any atom is 0.123 e. The summed E-state index contributed by atoms with van der Waals surface area (Å²) in [7, 11) is 0. The van der Waals surface area contributed by atoms with Crippen molar-refractivity contribution >= 4 is 33.9 Å². The fourth-order valence-corrected chi connectivity index (χ4v) is 6.07. The highest BCUT2D eigenvalue weighted by Gasteiger charge is 2.45.